The number of hydrogen-bond donors (Lipinski definition) is 1. The van der Waals surface area contributed by atoms with Crippen LogP contribution < -0.4 is 5.32 Å². The number of nitrogens with one attached hydrogen (secondary N) is 1. The zero-order chi connectivity index (χ0) is 12.9. The lowest BCUT2D eigenvalue weighted by Crippen LogP contribution is -2.24. The largest absolute Gasteiger partial charge is 0.310 e. The first-order valence-corrected chi connectivity index (χ1v) is 7.73. The van der Waals surface area contributed by atoms with E-state index in [1.165, 1.54) is 0 Å². The Balaban J connectivity index is 2.38. The van der Waals surface area contributed by atoms with Gasteiger partial charge < -0.3 is 5.32 Å². The molecule has 1 N–H and O–H groups in total. The molecule has 1 aromatic rings. The van der Waals surface area contributed by atoms with Gasteiger partial charge in [0, 0.05) is 25.9 Å². The van der Waals surface area contributed by atoms with E-state index in [2.05, 4.69) is 17.3 Å². The van der Waals surface area contributed by atoms with Gasteiger partial charge in [-0.3, -0.25) is 4.68 Å². The third-order valence-electron chi connectivity index (χ3n) is 2.73. The average Bonchev–Trinajstić information content (AvgIpc) is 2.66. The number of nitrogens with zero attached hydrogens (tertiary/aromatic N) is 2. The van der Waals surface area contributed by atoms with E-state index >= 15 is 0 Å². The third kappa shape index (κ3) is 4.47. The fourth-order valence-corrected chi connectivity index (χ4v) is 2.24. The third-order valence-corrected chi connectivity index (χ3v) is 4.43. The molecule has 98 valence electrons. The molecule has 0 atom stereocenters. The fourth-order valence-electron chi connectivity index (χ4n) is 1.50. The van der Waals surface area contributed by atoms with E-state index in [4.69, 9.17) is 0 Å². The van der Waals surface area contributed by atoms with Crippen molar-refractivity contribution in [2.75, 3.05) is 18.1 Å². The Labute approximate surface area is 103 Å². The van der Waals surface area contributed by atoms with Crippen molar-refractivity contribution in [1.82, 2.24) is 15.1 Å². The van der Waals surface area contributed by atoms with Crippen LogP contribution in [0.3, 0.4) is 0 Å². The standard InChI is InChI=1S/C11H21N3O2S/c1-4-10-8-11(14(3)13-10)9-12-6-7-17(15,16)5-2/h8,12H,4-7,9H2,1-3H3. The van der Waals surface area contributed by atoms with Crippen molar-refractivity contribution in [3.63, 3.8) is 0 Å². The minimum absolute atomic E-state index is 0.196. The summed E-state index contributed by atoms with van der Waals surface area (Å²) in [6.45, 7) is 4.88. The van der Waals surface area contributed by atoms with Crippen LogP contribution in [0.5, 0.6) is 0 Å². The lowest BCUT2D eigenvalue weighted by molar-refractivity contribution is 0.588. The van der Waals surface area contributed by atoms with Crippen LogP contribution in [0.2, 0.25) is 0 Å². The molecule has 0 aliphatic carbocycles. The summed E-state index contributed by atoms with van der Waals surface area (Å²) in [6.07, 6.45) is 0.915. The van der Waals surface area contributed by atoms with Crippen molar-refractivity contribution >= 4 is 9.84 Å². The van der Waals surface area contributed by atoms with Crippen LogP contribution in [0.4, 0.5) is 0 Å². The van der Waals surface area contributed by atoms with Gasteiger partial charge in [-0.1, -0.05) is 13.8 Å². The van der Waals surface area contributed by atoms with Gasteiger partial charge in [-0.15, -0.1) is 0 Å². The quantitative estimate of drug-likeness (QED) is 0.725. The molecule has 6 heteroatoms. The molecule has 0 bridgehead atoms. The molecule has 5 nitrogen and oxygen atoms in total. The molecule has 0 saturated heterocycles. The van der Waals surface area contributed by atoms with Gasteiger partial charge in [0.05, 0.1) is 17.1 Å². The number of rotatable bonds is 7. The molecular weight excluding hydrogens is 238 g/mol. The molecule has 1 aromatic heterocycles. The van der Waals surface area contributed by atoms with Gasteiger partial charge in [0.2, 0.25) is 0 Å². The maximum Gasteiger partial charge on any atom is 0.151 e. The minimum Gasteiger partial charge on any atom is -0.310 e. The van der Waals surface area contributed by atoms with Crippen molar-refractivity contribution < 1.29 is 8.42 Å². The molecule has 0 aromatic carbocycles. The first kappa shape index (κ1) is 14.2. The minimum atomic E-state index is -2.87. The van der Waals surface area contributed by atoms with Gasteiger partial charge in [-0.25, -0.2) is 8.42 Å². The Morgan fingerprint density at radius 1 is 1.41 bits per heavy atom. The van der Waals surface area contributed by atoms with E-state index < -0.39 is 9.84 Å². The van der Waals surface area contributed by atoms with E-state index in [9.17, 15) is 8.42 Å². The predicted molar refractivity (Wildman–Crippen MR) is 68.6 cm³/mol. The zero-order valence-corrected chi connectivity index (χ0v) is 11.5. The lowest BCUT2D eigenvalue weighted by atomic mass is 10.3. The number of aryl methyl sites for hydroxylation is 2. The lowest BCUT2D eigenvalue weighted by Gasteiger charge is -2.04. The van der Waals surface area contributed by atoms with E-state index in [1.807, 2.05) is 17.8 Å². The van der Waals surface area contributed by atoms with Crippen LogP contribution in [0.15, 0.2) is 6.07 Å². The normalized spacial score (nSPS) is 11.9. The smallest absolute Gasteiger partial charge is 0.151 e. The molecule has 0 aliphatic rings. The molecule has 1 rings (SSSR count). The maximum absolute atomic E-state index is 11.3. The van der Waals surface area contributed by atoms with Gasteiger partial charge in [-0.2, -0.15) is 5.10 Å². The van der Waals surface area contributed by atoms with E-state index in [0.29, 0.717) is 13.1 Å². The van der Waals surface area contributed by atoms with Gasteiger partial charge in [0.15, 0.2) is 9.84 Å². The second-order valence-electron chi connectivity index (χ2n) is 4.02. The second kappa shape index (κ2) is 6.16. The Hall–Kier alpha value is -0.880. The molecule has 0 fully saturated rings. The van der Waals surface area contributed by atoms with E-state index in [-0.39, 0.29) is 11.5 Å². The summed E-state index contributed by atoms with van der Waals surface area (Å²) in [5, 5.41) is 7.46. The molecule has 0 amide bonds. The fraction of sp³-hybridized carbons (Fsp3) is 0.727. The van der Waals surface area contributed by atoms with Crippen LogP contribution >= 0.6 is 0 Å². The molecule has 0 spiro atoms. The average molecular weight is 259 g/mol. The zero-order valence-electron chi connectivity index (χ0n) is 10.7. The van der Waals surface area contributed by atoms with Crippen molar-refractivity contribution in [3.8, 4) is 0 Å². The van der Waals surface area contributed by atoms with Crippen LogP contribution in [0.1, 0.15) is 25.2 Å². The Kier molecular flexibility index (Phi) is 5.14. The second-order valence-corrected chi connectivity index (χ2v) is 6.49. The summed E-state index contributed by atoms with van der Waals surface area (Å²) < 4.78 is 24.4. The highest BCUT2D eigenvalue weighted by molar-refractivity contribution is 7.91. The predicted octanol–water partition coefficient (Wildman–Crippen LogP) is 0.507. The summed E-state index contributed by atoms with van der Waals surface area (Å²) in [4.78, 5) is 0. The Bertz CT molecular complexity index is 451. The monoisotopic (exact) mass is 259 g/mol. The summed E-state index contributed by atoms with van der Waals surface area (Å²) >= 11 is 0. The number of sulfone groups is 1. The number of hydrogen-bond acceptors (Lipinski definition) is 4. The van der Waals surface area contributed by atoms with Crippen molar-refractivity contribution in [3.05, 3.63) is 17.5 Å². The Morgan fingerprint density at radius 3 is 2.65 bits per heavy atom. The van der Waals surface area contributed by atoms with Crippen LogP contribution in [0.25, 0.3) is 0 Å². The topological polar surface area (TPSA) is 64.0 Å². The summed E-state index contributed by atoms with van der Waals surface area (Å²) in [5.74, 6) is 0.405. The van der Waals surface area contributed by atoms with Crippen molar-refractivity contribution in [2.45, 2.75) is 26.8 Å². The molecule has 0 unspecified atom stereocenters. The maximum atomic E-state index is 11.3. The van der Waals surface area contributed by atoms with Crippen molar-refractivity contribution in [2.24, 2.45) is 7.05 Å². The first-order chi connectivity index (χ1) is 7.98. The van der Waals surface area contributed by atoms with Crippen LogP contribution in [-0.2, 0) is 29.9 Å². The molecule has 0 saturated carbocycles. The highest BCUT2D eigenvalue weighted by atomic mass is 32.2. The van der Waals surface area contributed by atoms with Crippen LogP contribution in [-0.4, -0.2) is 36.2 Å². The molecule has 0 aliphatic heterocycles. The van der Waals surface area contributed by atoms with Crippen molar-refractivity contribution in [1.29, 1.82) is 0 Å². The summed E-state index contributed by atoms with van der Waals surface area (Å²) in [5.41, 5.74) is 2.14. The van der Waals surface area contributed by atoms with Gasteiger partial charge in [0.1, 0.15) is 0 Å². The Morgan fingerprint density at radius 2 is 2.12 bits per heavy atom. The highest BCUT2D eigenvalue weighted by Crippen LogP contribution is 2.03. The first-order valence-electron chi connectivity index (χ1n) is 5.91. The molecule has 17 heavy (non-hydrogen) atoms. The summed E-state index contributed by atoms with van der Waals surface area (Å²) in [6, 6.07) is 2.04. The van der Waals surface area contributed by atoms with Gasteiger partial charge >= 0.3 is 0 Å². The van der Waals surface area contributed by atoms with E-state index in [0.717, 1.165) is 17.8 Å². The van der Waals surface area contributed by atoms with Gasteiger partial charge in [0.25, 0.3) is 0 Å². The molecule has 0 radical (unpaired) electrons. The molecule has 1 heterocycles. The SMILES string of the molecule is CCc1cc(CNCCS(=O)(=O)CC)n(C)n1. The highest BCUT2D eigenvalue weighted by Gasteiger charge is 2.07. The molecular formula is C11H21N3O2S. The van der Waals surface area contributed by atoms with Gasteiger partial charge in [-0.05, 0) is 12.5 Å². The summed E-state index contributed by atoms with van der Waals surface area (Å²) in [7, 11) is -0.967. The van der Waals surface area contributed by atoms with Crippen LogP contribution in [0, 0.1) is 0 Å². The van der Waals surface area contributed by atoms with E-state index in [1.54, 1.807) is 6.92 Å². The number of aromatic nitrogens is 2.